The van der Waals surface area contributed by atoms with E-state index in [0.717, 1.165) is 31.5 Å². The Kier molecular flexibility index (Phi) is 5.47. The lowest BCUT2D eigenvalue weighted by Crippen LogP contribution is -2.34. The molecule has 0 spiro atoms. The first-order chi connectivity index (χ1) is 9.99. The topological polar surface area (TPSA) is 38.5 Å². The molecule has 1 heterocycles. The van der Waals surface area contributed by atoms with E-state index in [1.165, 1.54) is 25.0 Å². The van der Waals surface area contributed by atoms with Crippen molar-refractivity contribution in [2.24, 2.45) is 5.73 Å². The summed E-state index contributed by atoms with van der Waals surface area (Å²) in [7, 11) is 0. The van der Waals surface area contributed by atoms with Crippen molar-refractivity contribution in [2.45, 2.75) is 38.1 Å². The van der Waals surface area contributed by atoms with Crippen molar-refractivity contribution in [1.82, 2.24) is 4.90 Å². The zero-order valence-corrected chi connectivity index (χ0v) is 11.9. The maximum absolute atomic E-state index is 12.3. The average Bonchev–Trinajstić information content (AvgIpc) is 2.67. The smallest absolute Gasteiger partial charge is 0.406 e. The fraction of sp³-hybridized carbons (Fsp3) is 0.600. The Bertz CT molecular complexity index is 443. The number of halogens is 3. The molecule has 0 bridgehead atoms. The van der Waals surface area contributed by atoms with Gasteiger partial charge < -0.3 is 10.5 Å². The highest BCUT2D eigenvalue weighted by Crippen LogP contribution is 2.28. The molecular weight excluding hydrogens is 281 g/mol. The Morgan fingerprint density at radius 2 is 1.81 bits per heavy atom. The molecule has 21 heavy (non-hydrogen) atoms. The van der Waals surface area contributed by atoms with E-state index in [0.29, 0.717) is 6.54 Å². The van der Waals surface area contributed by atoms with E-state index in [4.69, 9.17) is 5.73 Å². The number of hydrogen-bond acceptors (Lipinski definition) is 3. The Labute approximate surface area is 122 Å². The van der Waals surface area contributed by atoms with Gasteiger partial charge in [-0.15, -0.1) is 13.2 Å². The molecule has 0 aromatic heterocycles. The maximum atomic E-state index is 12.3. The van der Waals surface area contributed by atoms with E-state index in [1.807, 2.05) is 6.07 Å². The van der Waals surface area contributed by atoms with Crippen LogP contribution in [0.15, 0.2) is 24.3 Å². The average molecular weight is 302 g/mol. The number of alkyl halides is 3. The van der Waals surface area contributed by atoms with Crippen molar-refractivity contribution in [3.05, 3.63) is 29.8 Å². The third-order valence-electron chi connectivity index (χ3n) is 3.78. The molecule has 3 nitrogen and oxygen atoms in total. The number of nitrogens with two attached hydrogens (primary N) is 1. The summed E-state index contributed by atoms with van der Waals surface area (Å²) in [6.07, 6.45) is -0.0556. The molecule has 0 saturated carbocycles. The lowest BCUT2D eigenvalue weighted by atomic mass is 10.0. The van der Waals surface area contributed by atoms with Gasteiger partial charge >= 0.3 is 6.36 Å². The zero-order valence-electron chi connectivity index (χ0n) is 11.9. The van der Waals surface area contributed by atoms with Gasteiger partial charge in [0, 0.05) is 12.6 Å². The molecule has 1 aliphatic heterocycles. The molecule has 1 aliphatic rings. The molecule has 1 unspecified atom stereocenters. The first kappa shape index (κ1) is 16.1. The highest BCUT2D eigenvalue weighted by molar-refractivity contribution is 5.31. The van der Waals surface area contributed by atoms with E-state index in [1.54, 1.807) is 6.07 Å². The predicted molar refractivity (Wildman–Crippen MR) is 75.0 cm³/mol. The van der Waals surface area contributed by atoms with Crippen LogP contribution in [0.1, 0.15) is 37.3 Å². The number of nitrogens with zero attached hydrogens (tertiary/aromatic N) is 1. The number of benzene rings is 1. The molecule has 1 aromatic carbocycles. The normalized spacial score (nSPS) is 19.0. The van der Waals surface area contributed by atoms with Crippen LogP contribution < -0.4 is 10.5 Å². The summed E-state index contributed by atoms with van der Waals surface area (Å²) in [4.78, 5) is 2.26. The molecule has 1 fully saturated rings. The van der Waals surface area contributed by atoms with Gasteiger partial charge in [0.1, 0.15) is 5.75 Å². The maximum Gasteiger partial charge on any atom is 0.573 e. The van der Waals surface area contributed by atoms with Gasteiger partial charge in [-0.25, -0.2) is 0 Å². The summed E-state index contributed by atoms with van der Waals surface area (Å²) < 4.78 is 40.9. The highest BCUT2D eigenvalue weighted by Gasteiger charge is 2.31. The second-order valence-corrected chi connectivity index (χ2v) is 5.32. The van der Waals surface area contributed by atoms with Crippen LogP contribution >= 0.6 is 0 Å². The van der Waals surface area contributed by atoms with Crippen molar-refractivity contribution in [3.8, 4) is 5.75 Å². The monoisotopic (exact) mass is 302 g/mol. The molecular formula is C15H21F3N2O. The third kappa shape index (κ3) is 4.89. The SMILES string of the molecule is NCC(c1cccc(OC(F)(F)F)c1)N1CCCCCC1. The fourth-order valence-electron chi connectivity index (χ4n) is 2.82. The molecule has 2 rings (SSSR count). The number of likely N-dealkylation sites (tertiary alicyclic amines) is 1. The van der Waals surface area contributed by atoms with Crippen LogP contribution in [0.2, 0.25) is 0 Å². The van der Waals surface area contributed by atoms with E-state index >= 15 is 0 Å². The summed E-state index contributed by atoms with van der Waals surface area (Å²) in [5.41, 5.74) is 6.64. The number of ether oxygens (including phenoxy) is 1. The number of hydrogen-bond donors (Lipinski definition) is 1. The summed E-state index contributed by atoms with van der Waals surface area (Å²) >= 11 is 0. The lowest BCUT2D eigenvalue weighted by molar-refractivity contribution is -0.274. The van der Waals surface area contributed by atoms with Crippen molar-refractivity contribution in [3.63, 3.8) is 0 Å². The Morgan fingerprint density at radius 1 is 1.14 bits per heavy atom. The van der Waals surface area contributed by atoms with Gasteiger partial charge in [-0.1, -0.05) is 25.0 Å². The van der Waals surface area contributed by atoms with Gasteiger partial charge in [-0.05, 0) is 43.6 Å². The Morgan fingerprint density at radius 3 is 2.38 bits per heavy atom. The summed E-state index contributed by atoms with van der Waals surface area (Å²) in [6.45, 7) is 2.26. The first-order valence-electron chi connectivity index (χ1n) is 7.29. The first-order valence-corrected chi connectivity index (χ1v) is 7.29. The molecule has 1 aromatic rings. The minimum absolute atomic E-state index is 0.0557. The van der Waals surface area contributed by atoms with E-state index in [2.05, 4.69) is 9.64 Å². The second kappa shape index (κ2) is 7.13. The molecule has 118 valence electrons. The van der Waals surface area contributed by atoms with E-state index in [9.17, 15) is 13.2 Å². The van der Waals surface area contributed by atoms with Crippen molar-refractivity contribution < 1.29 is 17.9 Å². The molecule has 1 atom stereocenters. The summed E-state index contributed by atoms with van der Waals surface area (Å²) in [6, 6.07) is 6.09. The van der Waals surface area contributed by atoms with Crippen LogP contribution in [0.3, 0.4) is 0 Å². The Hall–Kier alpha value is -1.27. The molecule has 6 heteroatoms. The molecule has 0 radical (unpaired) electrons. The van der Waals surface area contributed by atoms with Crippen molar-refractivity contribution in [2.75, 3.05) is 19.6 Å². The zero-order chi connectivity index (χ0) is 15.3. The highest BCUT2D eigenvalue weighted by atomic mass is 19.4. The van der Waals surface area contributed by atoms with Crippen molar-refractivity contribution in [1.29, 1.82) is 0 Å². The minimum atomic E-state index is -4.67. The quantitative estimate of drug-likeness (QED) is 0.925. The van der Waals surface area contributed by atoms with Gasteiger partial charge in [0.05, 0.1) is 0 Å². The lowest BCUT2D eigenvalue weighted by Gasteiger charge is -2.30. The van der Waals surface area contributed by atoms with E-state index < -0.39 is 6.36 Å². The fourth-order valence-corrected chi connectivity index (χ4v) is 2.82. The Balaban J connectivity index is 2.15. The van der Waals surface area contributed by atoms with Crippen LogP contribution in [0.25, 0.3) is 0 Å². The van der Waals surface area contributed by atoms with Gasteiger partial charge in [0.2, 0.25) is 0 Å². The van der Waals surface area contributed by atoms with Crippen LogP contribution in [-0.4, -0.2) is 30.9 Å². The molecule has 2 N–H and O–H groups in total. The van der Waals surface area contributed by atoms with Crippen LogP contribution in [0.5, 0.6) is 5.75 Å². The standard InChI is InChI=1S/C15H21F3N2O/c16-15(17,18)21-13-7-5-6-12(10-13)14(11-19)20-8-3-1-2-4-9-20/h5-7,10,14H,1-4,8-9,11,19H2. The van der Waals surface area contributed by atoms with Crippen LogP contribution in [-0.2, 0) is 0 Å². The van der Waals surface area contributed by atoms with Crippen LogP contribution in [0.4, 0.5) is 13.2 Å². The molecule has 0 amide bonds. The van der Waals surface area contributed by atoms with Gasteiger partial charge in [-0.2, -0.15) is 0 Å². The minimum Gasteiger partial charge on any atom is -0.406 e. The largest absolute Gasteiger partial charge is 0.573 e. The van der Waals surface area contributed by atoms with Gasteiger partial charge in [0.15, 0.2) is 0 Å². The molecule has 1 saturated heterocycles. The number of rotatable bonds is 4. The summed E-state index contributed by atoms with van der Waals surface area (Å²) in [5, 5.41) is 0. The second-order valence-electron chi connectivity index (χ2n) is 5.32. The summed E-state index contributed by atoms with van der Waals surface area (Å²) in [5.74, 6) is -0.187. The van der Waals surface area contributed by atoms with Crippen LogP contribution in [0, 0.1) is 0 Å². The van der Waals surface area contributed by atoms with Gasteiger partial charge in [0.25, 0.3) is 0 Å². The molecule has 0 aliphatic carbocycles. The van der Waals surface area contributed by atoms with E-state index in [-0.39, 0.29) is 11.8 Å². The van der Waals surface area contributed by atoms with Crippen molar-refractivity contribution >= 4 is 0 Å². The third-order valence-corrected chi connectivity index (χ3v) is 3.78. The predicted octanol–water partition coefficient (Wildman–Crippen LogP) is 3.46. The van der Waals surface area contributed by atoms with Gasteiger partial charge in [-0.3, -0.25) is 4.90 Å².